The number of hydrogen-bond donors (Lipinski definition) is 1. The monoisotopic (exact) mass is 352 g/mol. The number of nitrogens with one attached hydrogen (secondary N) is 1. The van der Waals surface area contributed by atoms with Crippen molar-refractivity contribution in [1.82, 2.24) is 20.1 Å². The van der Waals surface area contributed by atoms with E-state index >= 15 is 0 Å². The van der Waals surface area contributed by atoms with Crippen LogP contribution in [0.15, 0.2) is 41.5 Å². The molecule has 0 radical (unpaired) electrons. The first-order valence-corrected chi connectivity index (χ1v) is 9.51. The molecule has 0 bridgehead atoms. The Morgan fingerprint density at radius 2 is 1.88 bits per heavy atom. The molecule has 2 fully saturated rings. The lowest BCUT2D eigenvalue weighted by Crippen LogP contribution is -2.43. The van der Waals surface area contributed by atoms with E-state index in [9.17, 15) is 9.59 Å². The van der Waals surface area contributed by atoms with Crippen LogP contribution in [0.2, 0.25) is 0 Å². The second kappa shape index (κ2) is 7.40. The molecule has 4 rings (SSSR count). The van der Waals surface area contributed by atoms with Gasteiger partial charge in [-0.3, -0.25) is 14.6 Å². The molecule has 0 saturated heterocycles. The van der Waals surface area contributed by atoms with E-state index in [-0.39, 0.29) is 29.5 Å². The third-order valence-corrected chi connectivity index (χ3v) is 5.65. The number of aromatic nitrogens is 3. The van der Waals surface area contributed by atoms with Crippen molar-refractivity contribution in [2.24, 2.45) is 5.92 Å². The van der Waals surface area contributed by atoms with E-state index in [1.54, 1.807) is 29.2 Å². The summed E-state index contributed by atoms with van der Waals surface area (Å²) in [5.41, 5.74) is 1.60. The zero-order valence-corrected chi connectivity index (χ0v) is 14.8. The Morgan fingerprint density at radius 1 is 1.08 bits per heavy atom. The molecule has 1 N–H and O–H groups in total. The fourth-order valence-electron chi connectivity index (χ4n) is 3.81. The van der Waals surface area contributed by atoms with Crippen LogP contribution in [-0.4, -0.2) is 26.7 Å². The SMILES string of the molecule is O=C(NC1CCC(n2nc(-c3cccnc3)ccc2=O)CC1)C1CCC1. The first-order chi connectivity index (χ1) is 12.7. The quantitative estimate of drug-likeness (QED) is 0.918. The van der Waals surface area contributed by atoms with E-state index in [4.69, 9.17) is 0 Å². The maximum absolute atomic E-state index is 12.3. The van der Waals surface area contributed by atoms with Crippen LogP contribution in [0.25, 0.3) is 11.3 Å². The number of rotatable bonds is 4. The van der Waals surface area contributed by atoms with Gasteiger partial charge in [0, 0.05) is 36.0 Å². The molecule has 0 spiro atoms. The molecule has 1 amide bonds. The minimum atomic E-state index is -0.0698. The molecule has 26 heavy (non-hydrogen) atoms. The summed E-state index contributed by atoms with van der Waals surface area (Å²) in [4.78, 5) is 28.5. The zero-order chi connectivity index (χ0) is 17.9. The van der Waals surface area contributed by atoms with Gasteiger partial charge >= 0.3 is 0 Å². The molecule has 0 aromatic carbocycles. The van der Waals surface area contributed by atoms with Gasteiger partial charge in [-0.25, -0.2) is 4.68 Å². The highest BCUT2D eigenvalue weighted by Gasteiger charge is 2.29. The maximum Gasteiger partial charge on any atom is 0.267 e. The highest BCUT2D eigenvalue weighted by atomic mass is 16.2. The van der Waals surface area contributed by atoms with Crippen LogP contribution < -0.4 is 10.9 Å². The Balaban J connectivity index is 1.42. The van der Waals surface area contributed by atoms with Crippen LogP contribution in [0, 0.1) is 5.92 Å². The third kappa shape index (κ3) is 3.54. The zero-order valence-electron chi connectivity index (χ0n) is 14.8. The smallest absolute Gasteiger partial charge is 0.267 e. The van der Waals surface area contributed by atoms with Crippen molar-refractivity contribution in [2.45, 2.75) is 57.0 Å². The molecule has 0 atom stereocenters. The van der Waals surface area contributed by atoms with Crippen molar-refractivity contribution in [2.75, 3.05) is 0 Å². The Kier molecular flexibility index (Phi) is 4.82. The maximum atomic E-state index is 12.3. The largest absolute Gasteiger partial charge is 0.353 e. The van der Waals surface area contributed by atoms with Crippen LogP contribution in [0.5, 0.6) is 0 Å². The summed E-state index contributed by atoms with van der Waals surface area (Å²) in [7, 11) is 0. The van der Waals surface area contributed by atoms with Gasteiger partial charge in [0.05, 0.1) is 11.7 Å². The lowest BCUT2D eigenvalue weighted by atomic mass is 9.84. The van der Waals surface area contributed by atoms with Crippen molar-refractivity contribution < 1.29 is 4.79 Å². The van der Waals surface area contributed by atoms with Crippen LogP contribution in [-0.2, 0) is 4.79 Å². The van der Waals surface area contributed by atoms with E-state index in [1.807, 2.05) is 12.1 Å². The molecule has 0 unspecified atom stereocenters. The van der Waals surface area contributed by atoms with Gasteiger partial charge in [0.2, 0.25) is 5.91 Å². The first-order valence-electron chi connectivity index (χ1n) is 9.51. The van der Waals surface area contributed by atoms with E-state index in [0.29, 0.717) is 0 Å². The molecule has 2 aliphatic carbocycles. The lowest BCUT2D eigenvalue weighted by molar-refractivity contribution is -0.128. The van der Waals surface area contributed by atoms with Crippen LogP contribution in [0.3, 0.4) is 0 Å². The van der Waals surface area contributed by atoms with E-state index in [2.05, 4.69) is 15.4 Å². The number of amides is 1. The summed E-state index contributed by atoms with van der Waals surface area (Å²) in [6.07, 6.45) is 10.2. The number of carbonyl (C=O) groups is 1. The summed E-state index contributed by atoms with van der Waals surface area (Å²) in [6, 6.07) is 7.46. The normalized spacial score (nSPS) is 23.2. The summed E-state index contributed by atoms with van der Waals surface area (Å²) < 4.78 is 1.62. The summed E-state index contributed by atoms with van der Waals surface area (Å²) >= 11 is 0. The van der Waals surface area contributed by atoms with Crippen molar-refractivity contribution in [3.63, 3.8) is 0 Å². The molecular weight excluding hydrogens is 328 g/mol. The number of nitrogens with zero attached hydrogens (tertiary/aromatic N) is 3. The first kappa shape index (κ1) is 16.9. The topological polar surface area (TPSA) is 76.9 Å². The fourth-order valence-corrected chi connectivity index (χ4v) is 3.81. The number of carbonyl (C=O) groups excluding carboxylic acids is 1. The molecule has 6 heteroatoms. The molecule has 136 valence electrons. The second-order valence-electron chi connectivity index (χ2n) is 7.38. The van der Waals surface area contributed by atoms with Crippen LogP contribution in [0.1, 0.15) is 51.0 Å². The van der Waals surface area contributed by atoms with Crippen molar-refractivity contribution in [3.8, 4) is 11.3 Å². The van der Waals surface area contributed by atoms with Gasteiger partial charge in [-0.05, 0) is 56.7 Å². The van der Waals surface area contributed by atoms with Gasteiger partial charge in [-0.2, -0.15) is 5.10 Å². The number of hydrogen-bond acceptors (Lipinski definition) is 4. The molecule has 2 heterocycles. The van der Waals surface area contributed by atoms with Gasteiger partial charge in [-0.1, -0.05) is 6.42 Å². The molecule has 0 aliphatic heterocycles. The summed E-state index contributed by atoms with van der Waals surface area (Å²) in [5.74, 6) is 0.446. The van der Waals surface area contributed by atoms with E-state index in [1.165, 1.54) is 6.42 Å². The van der Waals surface area contributed by atoms with Crippen molar-refractivity contribution >= 4 is 5.91 Å². The van der Waals surface area contributed by atoms with Crippen molar-refractivity contribution in [3.05, 3.63) is 47.0 Å². The van der Waals surface area contributed by atoms with Gasteiger partial charge < -0.3 is 5.32 Å². The molecule has 2 saturated carbocycles. The van der Waals surface area contributed by atoms with Gasteiger partial charge in [0.25, 0.3) is 5.56 Å². The average molecular weight is 352 g/mol. The highest BCUT2D eigenvalue weighted by Crippen LogP contribution is 2.30. The summed E-state index contributed by atoms with van der Waals surface area (Å²) in [5, 5.41) is 7.77. The fraction of sp³-hybridized carbons (Fsp3) is 0.500. The van der Waals surface area contributed by atoms with Gasteiger partial charge in [-0.15, -0.1) is 0 Å². The summed E-state index contributed by atoms with van der Waals surface area (Å²) in [6.45, 7) is 0. The van der Waals surface area contributed by atoms with Crippen LogP contribution >= 0.6 is 0 Å². The highest BCUT2D eigenvalue weighted by molar-refractivity contribution is 5.79. The molecular formula is C20H24N4O2. The Hall–Kier alpha value is -2.50. The average Bonchev–Trinajstić information content (AvgIpc) is 2.62. The van der Waals surface area contributed by atoms with Gasteiger partial charge in [0.15, 0.2) is 0 Å². The predicted molar refractivity (Wildman–Crippen MR) is 98.5 cm³/mol. The van der Waals surface area contributed by atoms with Crippen LogP contribution in [0.4, 0.5) is 0 Å². The standard InChI is InChI=1S/C20H24N4O2/c25-19-11-10-18(15-5-2-12-21-13-15)23-24(19)17-8-6-16(7-9-17)22-20(26)14-3-1-4-14/h2,5,10-14,16-17H,1,3-4,6-9H2,(H,22,26). The molecule has 2 aromatic heterocycles. The van der Waals surface area contributed by atoms with Crippen molar-refractivity contribution in [1.29, 1.82) is 0 Å². The minimum Gasteiger partial charge on any atom is -0.353 e. The second-order valence-corrected chi connectivity index (χ2v) is 7.38. The van der Waals surface area contributed by atoms with E-state index in [0.717, 1.165) is 49.8 Å². The van der Waals surface area contributed by atoms with E-state index < -0.39 is 0 Å². The third-order valence-electron chi connectivity index (χ3n) is 5.65. The Bertz CT molecular complexity index is 821. The predicted octanol–water partition coefficient (Wildman–Crippen LogP) is 2.71. The Morgan fingerprint density at radius 3 is 2.54 bits per heavy atom. The number of pyridine rings is 1. The molecule has 2 aliphatic rings. The lowest BCUT2D eigenvalue weighted by Gasteiger charge is -2.32. The Labute approximate surface area is 152 Å². The molecule has 6 nitrogen and oxygen atoms in total. The molecule has 2 aromatic rings. The minimum absolute atomic E-state index is 0.0698. The van der Waals surface area contributed by atoms with Gasteiger partial charge in [0.1, 0.15) is 0 Å².